The average molecular weight is 366 g/mol. The topological polar surface area (TPSA) is 65.5 Å². The quantitative estimate of drug-likeness (QED) is 0.829. The van der Waals surface area contributed by atoms with Gasteiger partial charge < -0.3 is 14.7 Å². The van der Waals surface area contributed by atoms with Gasteiger partial charge in [0.15, 0.2) is 0 Å². The van der Waals surface area contributed by atoms with Crippen molar-refractivity contribution in [2.24, 2.45) is 5.92 Å². The second-order valence-corrected chi connectivity index (χ2v) is 7.40. The second-order valence-electron chi connectivity index (χ2n) is 7.40. The molecule has 0 aliphatic carbocycles. The number of piperazine rings is 1. The van der Waals surface area contributed by atoms with Crippen LogP contribution in [0.5, 0.6) is 0 Å². The van der Waals surface area contributed by atoms with E-state index in [1.54, 1.807) is 12.3 Å². The number of carbonyl (C=O) groups excluding carboxylic acids is 1. The Morgan fingerprint density at radius 2 is 1.81 bits per heavy atom. The van der Waals surface area contributed by atoms with Gasteiger partial charge >= 0.3 is 0 Å². The van der Waals surface area contributed by atoms with E-state index in [9.17, 15) is 4.79 Å². The van der Waals surface area contributed by atoms with Crippen LogP contribution in [-0.4, -0.2) is 65.0 Å². The molecule has 7 nitrogen and oxygen atoms in total. The van der Waals surface area contributed by atoms with E-state index in [1.807, 2.05) is 29.3 Å². The number of aromatic nitrogens is 3. The Kier molecular flexibility index (Phi) is 5.18. The van der Waals surface area contributed by atoms with E-state index in [2.05, 4.69) is 31.7 Å². The third kappa shape index (κ3) is 4.02. The molecule has 2 fully saturated rings. The minimum Gasteiger partial charge on any atom is -0.353 e. The summed E-state index contributed by atoms with van der Waals surface area (Å²) in [6.45, 7) is 7.20. The van der Waals surface area contributed by atoms with Crippen LogP contribution in [0, 0.1) is 5.92 Å². The molecule has 1 atom stereocenters. The fraction of sp³-hybridized carbons (Fsp3) is 0.500. The molecule has 2 aliphatic rings. The summed E-state index contributed by atoms with van der Waals surface area (Å²) < 4.78 is 0. The molecule has 2 aromatic rings. The van der Waals surface area contributed by atoms with Crippen molar-refractivity contribution in [2.45, 2.75) is 19.8 Å². The van der Waals surface area contributed by atoms with Crippen LogP contribution in [0.1, 0.15) is 30.3 Å². The van der Waals surface area contributed by atoms with E-state index in [0.29, 0.717) is 17.6 Å². The van der Waals surface area contributed by atoms with Crippen LogP contribution in [0.25, 0.3) is 0 Å². The molecule has 1 amide bonds. The predicted molar refractivity (Wildman–Crippen MR) is 105 cm³/mol. The molecule has 1 unspecified atom stereocenters. The summed E-state index contributed by atoms with van der Waals surface area (Å²) >= 11 is 0. The largest absolute Gasteiger partial charge is 0.353 e. The third-order valence-electron chi connectivity index (χ3n) is 5.34. The Bertz CT molecular complexity index is 775. The molecule has 2 aromatic heterocycles. The molecule has 142 valence electrons. The molecule has 2 saturated heterocycles. The first-order valence-electron chi connectivity index (χ1n) is 9.74. The Hall–Kier alpha value is -2.70. The fourth-order valence-electron chi connectivity index (χ4n) is 3.83. The molecule has 4 rings (SSSR count). The highest BCUT2D eigenvalue weighted by Crippen LogP contribution is 2.19. The molecule has 0 spiro atoms. The van der Waals surface area contributed by atoms with Crippen LogP contribution in [-0.2, 0) is 0 Å². The zero-order valence-corrected chi connectivity index (χ0v) is 15.8. The van der Waals surface area contributed by atoms with E-state index in [4.69, 9.17) is 0 Å². The molecule has 4 heterocycles. The number of pyridine rings is 1. The van der Waals surface area contributed by atoms with Crippen molar-refractivity contribution in [3.8, 4) is 0 Å². The van der Waals surface area contributed by atoms with Crippen LogP contribution < -0.4 is 9.80 Å². The highest BCUT2D eigenvalue weighted by molar-refractivity contribution is 5.92. The standard InChI is InChI=1S/C20H26N6O/c1-16-5-4-10-26(15-16)19(27)17-7-9-22-20(23-17)25-13-11-24(12-14-25)18-6-2-3-8-21-18/h2-3,6-9,16H,4-5,10-15H2,1H3. The molecule has 0 saturated carbocycles. The van der Waals surface area contributed by atoms with Crippen molar-refractivity contribution in [1.29, 1.82) is 0 Å². The molecule has 27 heavy (non-hydrogen) atoms. The molecular weight excluding hydrogens is 340 g/mol. The number of amides is 1. The first-order valence-corrected chi connectivity index (χ1v) is 9.74. The van der Waals surface area contributed by atoms with Gasteiger partial charge in [-0.15, -0.1) is 0 Å². The van der Waals surface area contributed by atoms with Crippen LogP contribution in [0.4, 0.5) is 11.8 Å². The number of piperidine rings is 1. The maximum absolute atomic E-state index is 12.8. The Balaban J connectivity index is 1.42. The van der Waals surface area contributed by atoms with Crippen molar-refractivity contribution in [1.82, 2.24) is 19.9 Å². The normalized spacial score (nSPS) is 20.6. The fourth-order valence-corrected chi connectivity index (χ4v) is 3.83. The number of rotatable bonds is 3. The minimum atomic E-state index is 0.0253. The van der Waals surface area contributed by atoms with Crippen molar-refractivity contribution in [3.05, 3.63) is 42.4 Å². The predicted octanol–water partition coefficient (Wildman–Crippen LogP) is 2.07. The molecule has 2 aliphatic heterocycles. The number of nitrogens with zero attached hydrogens (tertiary/aromatic N) is 6. The van der Waals surface area contributed by atoms with E-state index in [1.165, 1.54) is 6.42 Å². The van der Waals surface area contributed by atoms with Crippen LogP contribution in [0.15, 0.2) is 36.7 Å². The third-order valence-corrected chi connectivity index (χ3v) is 5.34. The molecular formula is C20H26N6O. The molecule has 0 N–H and O–H groups in total. The summed E-state index contributed by atoms with van der Waals surface area (Å²) in [6.07, 6.45) is 5.79. The lowest BCUT2D eigenvalue weighted by Crippen LogP contribution is -2.47. The van der Waals surface area contributed by atoms with E-state index in [-0.39, 0.29) is 5.91 Å². The SMILES string of the molecule is CC1CCCN(C(=O)c2ccnc(N3CCN(c4ccccn4)CC3)n2)C1. The highest BCUT2D eigenvalue weighted by atomic mass is 16.2. The van der Waals surface area contributed by atoms with E-state index < -0.39 is 0 Å². The van der Waals surface area contributed by atoms with Gasteiger partial charge in [-0.2, -0.15) is 0 Å². The van der Waals surface area contributed by atoms with Gasteiger partial charge in [-0.1, -0.05) is 13.0 Å². The van der Waals surface area contributed by atoms with Crippen LogP contribution in [0.3, 0.4) is 0 Å². The number of likely N-dealkylation sites (tertiary alicyclic amines) is 1. The second kappa shape index (κ2) is 7.90. The number of hydrogen-bond donors (Lipinski definition) is 0. The summed E-state index contributed by atoms with van der Waals surface area (Å²) in [5.74, 6) is 2.23. The van der Waals surface area contributed by atoms with E-state index in [0.717, 1.165) is 51.5 Å². The lowest BCUT2D eigenvalue weighted by molar-refractivity contribution is 0.0677. The van der Waals surface area contributed by atoms with Crippen molar-refractivity contribution >= 4 is 17.7 Å². The molecule has 0 bridgehead atoms. The van der Waals surface area contributed by atoms with Crippen molar-refractivity contribution < 1.29 is 4.79 Å². The van der Waals surface area contributed by atoms with Crippen LogP contribution in [0.2, 0.25) is 0 Å². The van der Waals surface area contributed by atoms with Crippen LogP contribution >= 0.6 is 0 Å². The molecule has 0 aromatic carbocycles. The minimum absolute atomic E-state index is 0.0253. The van der Waals surface area contributed by atoms with Gasteiger partial charge in [-0.3, -0.25) is 4.79 Å². The van der Waals surface area contributed by atoms with Crippen molar-refractivity contribution in [3.63, 3.8) is 0 Å². The highest BCUT2D eigenvalue weighted by Gasteiger charge is 2.25. The van der Waals surface area contributed by atoms with Gasteiger partial charge in [0.2, 0.25) is 5.95 Å². The smallest absolute Gasteiger partial charge is 0.272 e. The number of carbonyl (C=O) groups is 1. The summed E-state index contributed by atoms with van der Waals surface area (Å²) in [6, 6.07) is 7.70. The summed E-state index contributed by atoms with van der Waals surface area (Å²) in [7, 11) is 0. The zero-order valence-electron chi connectivity index (χ0n) is 15.8. The average Bonchev–Trinajstić information content (AvgIpc) is 2.74. The molecule has 0 radical (unpaired) electrons. The maximum atomic E-state index is 12.8. The van der Waals surface area contributed by atoms with Gasteiger partial charge in [-0.05, 0) is 37.0 Å². The molecule has 7 heteroatoms. The Morgan fingerprint density at radius 1 is 1.00 bits per heavy atom. The number of anilines is 2. The first kappa shape index (κ1) is 17.7. The summed E-state index contributed by atoms with van der Waals surface area (Å²) in [4.78, 5) is 32.6. The lowest BCUT2D eigenvalue weighted by Gasteiger charge is -2.35. The Labute approximate surface area is 160 Å². The first-order chi connectivity index (χ1) is 13.2. The maximum Gasteiger partial charge on any atom is 0.272 e. The van der Waals surface area contributed by atoms with Gasteiger partial charge in [0.1, 0.15) is 11.5 Å². The summed E-state index contributed by atoms with van der Waals surface area (Å²) in [5, 5.41) is 0. The Morgan fingerprint density at radius 3 is 2.56 bits per heavy atom. The van der Waals surface area contributed by atoms with E-state index >= 15 is 0 Å². The van der Waals surface area contributed by atoms with Gasteiger partial charge in [0.25, 0.3) is 5.91 Å². The monoisotopic (exact) mass is 366 g/mol. The van der Waals surface area contributed by atoms with Gasteiger partial charge in [0, 0.05) is 51.7 Å². The van der Waals surface area contributed by atoms with Gasteiger partial charge in [-0.25, -0.2) is 15.0 Å². The zero-order chi connectivity index (χ0) is 18.6. The summed E-state index contributed by atoms with van der Waals surface area (Å²) in [5.41, 5.74) is 0.501. The van der Waals surface area contributed by atoms with Gasteiger partial charge in [0.05, 0.1) is 0 Å². The number of hydrogen-bond acceptors (Lipinski definition) is 6. The van der Waals surface area contributed by atoms with Crippen molar-refractivity contribution in [2.75, 3.05) is 49.1 Å². The lowest BCUT2D eigenvalue weighted by atomic mass is 10.00.